The monoisotopic (exact) mass is 370 g/mol. The number of pyridine rings is 1. The predicted octanol–water partition coefficient (Wildman–Crippen LogP) is 5.43. The summed E-state index contributed by atoms with van der Waals surface area (Å²) in [6, 6.07) is 11.8. The Morgan fingerprint density at radius 3 is 2.41 bits per heavy atom. The molecule has 1 heterocycles. The number of nitrogens with zero attached hydrogens (tertiary/aromatic N) is 2. The Bertz CT molecular complexity index is 695. The molecule has 1 atom stereocenters. The van der Waals surface area contributed by atoms with Crippen molar-refractivity contribution < 1.29 is 14.5 Å². The highest BCUT2D eigenvalue weighted by atomic mass is 16.5. The van der Waals surface area contributed by atoms with Crippen LogP contribution in [0.1, 0.15) is 71.9 Å². The molecule has 1 aromatic carbocycles. The first kappa shape index (κ1) is 21.4. The van der Waals surface area contributed by atoms with Gasteiger partial charge in [0.1, 0.15) is 5.75 Å². The summed E-state index contributed by atoms with van der Waals surface area (Å²) in [6.07, 6.45) is 8.67. The summed E-state index contributed by atoms with van der Waals surface area (Å²) >= 11 is 0. The first-order valence-electron chi connectivity index (χ1n) is 10.0. The molecule has 0 saturated heterocycles. The Labute approximate surface area is 164 Å². The van der Waals surface area contributed by atoms with E-state index < -0.39 is 5.54 Å². The summed E-state index contributed by atoms with van der Waals surface area (Å²) in [5.74, 6) is 0.810. The number of unbranched alkanes of at least 4 members (excludes halogenated alkanes) is 3. The van der Waals surface area contributed by atoms with Crippen LogP contribution in [-0.4, -0.2) is 17.2 Å². The maximum Gasteiger partial charge on any atom is 0.211 e. The Balaban J connectivity index is 2.29. The third-order valence-electron chi connectivity index (χ3n) is 4.73. The smallest absolute Gasteiger partial charge is 0.211 e. The van der Waals surface area contributed by atoms with Gasteiger partial charge in [-0.15, -0.1) is 10.3 Å². The molecular weight excluding hydrogens is 336 g/mol. The van der Waals surface area contributed by atoms with Crippen LogP contribution in [-0.2, 0) is 5.21 Å². The van der Waals surface area contributed by atoms with Crippen molar-refractivity contribution in [2.75, 3.05) is 6.61 Å². The molecule has 1 radical (unpaired) electrons. The molecule has 27 heavy (non-hydrogen) atoms. The van der Waals surface area contributed by atoms with Crippen molar-refractivity contribution in [2.24, 2.45) is 0 Å². The van der Waals surface area contributed by atoms with Gasteiger partial charge in [-0.1, -0.05) is 32.3 Å². The average Bonchev–Trinajstić information content (AvgIpc) is 2.66. The van der Waals surface area contributed by atoms with Crippen LogP contribution in [0.3, 0.4) is 0 Å². The van der Waals surface area contributed by atoms with Crippen molar-refractivity contribution in [3.63, 3.8) is 0 Å². The van der Waals surface area contributed by atoms with Gasteiger partial charge in [0.05, 0.1) is 12.6 Å². The highest BCUT2D eigenvalue weighted by molar-refractivity contribution is 5.42. The lowest BCUT2D eigenvalue weighted by atomic mass is 10.0. The number of benzene rings is 1. The molecule has 0 N–H and O–H groups in total. The molecule has 4 heteroatoms. The quantitative estimate of drug-likeness (QED) is 0.335. The molecule has 0 fully saturated rings. The number of rotatable bonds is 9. The number of hydrogen-bond acceptors (Lipinski definition) is 2. The van der Waals surface area contributed by atoms with E-state index in [-0.39, 0.29) is 6.04 Å². The molecular formula is C23H34N2O2+. The number of hydroxylamine groups is 2. The minimum absolute atomic E-state index is 0.292. The maximum atomic E-state index is 12.8. The van der Waals surface area contributed by atoms with Crippen LogP contribution in [0.25, 0.3) is 5.69 Å². The largest absolute Gasteiger partial charge is 0.493 e. The van der Waals surface area contributed by atoms with Crippen molar-refractivity contribution in [2.45, 2.75) is 71.9 Å². The number of aromatic nitrogens is 1. The second kappa shape index (κ2) is 9.86. The van der Waals surface area contributed by atoms with Crippen LogP contribution in [0.4, 0.5) is 0 Å². The Hall–Kier alpha value is -1.91. The van der Waals surface area contributed by atoms with Gasteiger partial charge < -0.3 is 4.74 Å². The second-order valence-corrected chi connectivity index (χ2v) is 8.09. The van der Waals surface area contributed by atoms with Crippen molar-refractivity contribution in [1.29, 1.82) is 0 Å². The molecule has 0 spiro atoms. The fraction of sp³-hybridized carbons (Fsp3) is 0.522. The predicted molar refractivity (Wildman–Crippen MR) is 108 cm³/mol. The zero-order chi connectivity index (χ0) is 19.9. The number of ether oxygens (including phenoxy) is 1. The van der Waals surface area contributed by atoms with Gasteiger partial charge in [-0.05, 0) is 40.2 Å². The van der Waals surface area contributed by atoms with E-state index >= 15 is 0 Å². The Morgan fingerprint density at radius 2 is 1.78 bits per heavy atom. The standard InChI is InChI=1S/C23H34N2O2/c1-6-7-8-12-17-27-22-14-13-20(24-15-10-9-11-16-24)18-21(22)19(2)25(26)23(3,4)5/h9-11,13-16,18-19H,6-8,12,17H2,1-5H3/q+1. The van der Waals surface area contributed by atoms with E-state index in [2.05, 4.69) is 13.0 Å². The Kier molecular flexibility index (Phi) is 7.81. The van der Waals surface area contributed by atoms with Crippen molar-refractivity contribution >= 4 is 0 Å². The lowest BCUT2D eigenvalue weighted by Gasteiger charge is -2.33. The first-order valence-corrected chi connectivity index (χ1v) is 10.0. The van der Waals surface area contributed by atoms with E-state index in [1.807, 2.05) is 75.0 Å². The molecule has 0 aliphatic heterocycles. The molecule has 0 aliphatic carbocycles. The van der Waals surface area contributed by atoms with Crippen LogP contribution in [0.2, 0.25) is 0 Å². The van der Waals surface area contributed by atoms with E-state index in [0.29, 0.717) is 6.61 Å². The van der Waals surface area contributed by atoms with Crippen LogP contribution in [0.5, 0.6) is 5.75 Å². The average molecular weight is 371 g/mol. The van der Waals surface area contributed by atoms with Crippen molar-refractivity contribution in [3.05, 3.63) is 54.4 Å². The topological polar surface area (TPSA) is 36.2 Å². The molecule has 1 aromatic heterocycles. The maximum absolute atomic E-state index is 12.8. The SMILES string of the molecule is CCCCCCOc1ccc(-[n+]2ccccc2)cc1C(C)N([O])C(C)(C)C. The number of hydrogen-bond donors (Lipinski definition) is 0. The van der Waals surface area contributed by atoms with Crippen molar-refractivity contribution in [3.8, 4) is 11.4 Å². The Morgan fingerprint density at radius 1 is 1.07 bits per heavy atom. The van der Waals surface area contributed by atoms with Crippen LogP contribution in [0, 0.1) is 0 Å². The zero-order valence-electron chi connectivity index (χ0n) is 17.4. The van der Waals surface area contributed by atoms with Crippen molar-refractivity contribution in [1.82, 2.24) is 5.06 Å². The van der Waals surface area contributed by atoms with Gasteiger partial charge in [0.15, 0.2) is 12.4 Å². The zero-order valence-corrected chi connectivity index (χ0v) is 17.4. The van der Waals surface area contributed by atoms with Gasteiger partial charge in [-0.2, -0.15) is 4.57 Å². The third kappa shape index (κ3) is 6.05. The highest BCUT2D eigenvalue weighted by Crippen LogP contribution is 2.33. The molecule has 147 valence electrons. The second-order valence-electron chi connectivity index (χ2n) is 8.09. The summed E-state index contributed by atoms with van der Waals surface area (Å²) in [5, 5.41) is 14.0. The molecule has 1 unspecified atom stereocenters. The van der Waals surface area contributed by atoms with Crippen LogP contribution < -0.4 is 9.30 Å². The first-order chi connectivity index (χ1) is 12.8. The fourth-order valence-electron chi connectivity index (χ4n) is 3.14. The molecule has 0 aliphatic rings. The molecule has 0 saturated carbocycles. The summed E-state index contributed by atoms with van der Waals surface area (Å²) in [6.45, 7) is 10.7. The molecule has 2 rings (SSSR count). The lowest BCUT2D eigenvalue weighted by Crippen LogP contribution is -2.39. The van der Waals surface area contributed by atoms with E-state index in [1.165, 1.54) is 19.3 Å². The van der Waals surface area contributed by atoms with Gasteiger partial charge in [-0.25, -0.2) is 0 Å². The molecule has 2 aromatic rings. The van der Waals surface area contributed by atoms with Gasteiger partial charge in [-0.3, -0.25) is 0 Å². The van der Waals surface area contributed by atoms with E-state index in [9.17, 15) is 5.21 Å². The summed E-state index contributed by atoms with van der Waals surface area (Å²) in [4.78, 5) is 0. The molecule has 4 nitrogen and oxygen atoms in total. The van der Waals surface area contributed by atoms with E-state index in [0.717, 1.165) is 28.5 Å². The van der Waals surface area contributed by atoms with Crippen LogP contribution >= 0.6 is 0 Å². The molecule has 0 amide bonds. The van der Waals surface area contributed by atoms with Gasteiger partial charge in [0.2, 0.25) is 5.69 Å². The minimum Gasteiger partial charge on any atom is -0.493 e. The summed E-state index contributed by atoms with van der Waals surface area (Å²) in [7, 11) is 0. The van der Waals surface area contributed by atoms with E-state index in [4.69, 9.17) is 4.74 Å². The third-order valence-corrected chi connectivity index (χ3v) is 4.73. The minimum atomic E-state index is -0.465. The van der Waals surface area contributed by atoms with Gasteiger partial charge >= 0.3 is 0 Å². The van der Waals surface area contributed by atoms with Crippen LogP contribution in [0.15, 0.2) is 48.8 Å². The summed E-state index contributed by atoms with van der Waals surface area (Å²) in [5.41, 5.74) is 1.50. The van der Waals surface area contributed by atoms with Gasteiger partial charge in [0, 0.05) is 35.4 Å². The van der Waals surface area contributed by atoms with Gasteiger partial charge in [0.25, 0.3) is 0 Å². The lowest BCUT2D eigenvalue weighted by molar-refractivity contribution is -0.595. The fourth-order valence-corrected chi connectivity index (χ4v) is 3.14. The molecule has 0 bridgehead atoms. The highest BCUT2D eigenvalue weighted by Gasteiger charge is 2.30. The van der Waals surface area contributed by atoms with E-state index in [1.54, 1.807) is 0 Å². The normalized spacial score (nSPS) is 13.0. The summed E-state index contributed by atoms with van der Waals surface area (Å²) < 4.78 is 8.13.